The molecule has 0 bridgehead atoms. The van der Waals surface area contributed by atoms with Crippen LogP contribution in [-0.4, -0.2) is 106 Å². The quantitative estimate of drug-likeness (QED) is 0.0563. The van der Waals surface area contributed by atoms with Crippen molar-refractivity contribution in [1.82, 2.24) is 25.6 Å². The number of hydrogen-bond acceptors (Lipinski definition) is 11. The minimum atomic E-state index is -4.11. The highest BCUT2D eigenvalue weighted by Crippen LogP contribution is 2.69. The summed E-state index contributed by atoms with van der Waals surface area (Å²) in [4.78, 5) is 25.1. The third-order valence-corrected chi connectivity index (χ3v) is 23.6. The molecule has 7 fully saturated rings. The number of hydrogen-bond donors (Lipinski definition) is 6. The van der Waals surface area contributed by atoms with Gasteiger partial charge in [0.2, 0.25) is 11.8 Å². The van der Waals surface area contributed by atoms with E-state index in [0.717, 1.165) is 134 Å². The van der Waals surface area contributed by atoms with E-state index in [1.54, 1.807) is 0 Å². The third kappa shape index (κ3) is 12.9. The Bertz CT molecular complexity index is 2300. The van der Waals surface area contributed by atoms with Crippen molar-refractivity contribution in [3.8, 4) is 0 Å². The van der Waals surface area contributed by atoms with E-state index in [-0.39, 0.29) is 71.4 Å². The molecule has 18 heteroatoms. The van der Waals surface area contributed by atoms with Crippen LogP contribution in [0.2, 0.25) is 0 Å². The molecule has 74 heavy (non-hydrogen) atoms. The molecule has 422 valence electrons. The largest absolute Gasteiger partial charge is 0.393 e. The summed E-state index contributed by atoms with van der Waals surface area (Å²) in [7, 11) is -8.23. The molecule has 7 saturated carbocycles. The smallest absolute Gasteiger partial charge is 0.266 e. The SMILES string of the molecule is CCCC[C@H](CC1C[C@H]2CC[C@]3(C)[C@@H]([C@H](C)CCC(=O)NCCS(=O)(=O)O)CC[C@H]3[C@@H]2[C@@H](O)C1)n1cc(CO[C@@H]2CC[C@@]3(C)C(C2)C[C@H](O)[C@H]2[C@@H]4CC[C@H]([C@H](C)CCC(=O)NCCS(=O)(=O)O)[C@@]4(C)CC[C@@H]23)nn1. The first-order valence-corrected chi connectivity index (χ1v) is 32.5. The highest BCUT2D eigenvalue weighted by molar-refractivity contribution is 7.86. The van der Waals surface area contributed by atoms with Crippen LogP contribution in [0.4, 0.5) is 0 Å². The van der Waals surface area contributed by atoms with E-state index in [0.29, 0.717) is 84.5 Å². The Kier molecular flexibility index (Phi) is 18.5. The standard InChI is InChI=1S/C56H95N5O11S2/c1-7-8-9-41(29-37-28-38-18-21-55(5)43(12-14-45(55)52(38)48(62)30-37)35(2)10-16-50(64)57-24-26-73(66,67)68)61-33-40(59-60-61)34-72-42-19-22-54(4)39(31-42)32-49(63)53-46-15-13-44(56(46,6)23-20-47(53)54)36(3)11-17-51(65)58-25-27-74(69,70)71/h33,35-39,41-49,52-53,62-63H,7-32,34H2,1-6H3,(H,57,64)(H,58,65)(H,66,67,68)(H,69,70,71)/t35-,36-,37?,38-,39?,41-,42-,43-,44-,45+,46+,47+,48+,49+,52-,53+,54+,55-,56-/m1/s1. The van der Waals surface area contributed by atoms with E-state index in [1.165, 1.54) is 0 Å². The summed E-state index contributed by atoms with van der Waals surface area (Å²) in [6, 6.07) is 0.211. The van der Waals surface area contributed by atoms with Gasteiger partial charge in [-0.2, -0.15) is 16.8 Å². The molecule has 0 radical (unpaired) electrons. The number of unbranched alkanes of at least 4 members (excludes halogenated alkanes) is 1. The number of amides is 2. The molecule has 1 heterocycles. The summed E-state index contributed by atoms with van der Waals surface area (Å²) in [6.45, 7) is 14.4. The molecule has 0 aromatic carbocycles. The maximum absolute atomic E-state index is 12.5. The van der Waals surface area contributed by atoms with E-state index in [9.17, 15) is 36.6 Å². The molecular weight excluding hydrogens is 983 g/mol. The lowest BCUT2D eigenvalue weighted by Gasteiger charge is -2.62. The molecule has 1 aromatic heterocycles. The van der Waals surface area contributed by atoms with Crippen LogP contribution >= 0.6 is 0 Å². The van der Waals surface area contributed by atoms with Crippen LogP contribution in [0.1, 0.15) is 195 Å². The number of aliphatic hydroxyl groups excluding tert-OH is 2. The van der Waals surface area contributed by atoms with Crippen molar-refractivity contribution in [3.05, 3.63) is 11.9 Å². The van der Waals surface area contributed by atoms with Crippen molar-refractivity contribution in [1.29, 1.82) is 0 Å². The van der Waals surface area contributed by atoms with Gasteiger partial charge >= 0.3 is 0 Å². The van der Waals surface area contributed by atoms with Crippen molar-refractivity contribution < 1.29 is 50.5 Å². The summed E-state index contributed by atoms with van der Waals surface area (Å²) in [5.74, 6) is 3.61. The van der Waals surface area contributed by atoms with Gasteiger partial charge in [0, 0.05) is 25.9 Å². The molecular formula is C56H95N5O11S2. The number of ether oxygens (including phenoxy) is 1. The van der Waals surface area contributed by atoms with Gasteiger partial charge in [0.25, 0.3) is 20.2 Å². The zero-order valence-electron chi connectivity index (χ0n) is 45.7. The maximum atomic E-state index is 12.5. The number of rotatable bonds is 23. The third-order valence-electron chi connectivity index (χ3n) is 22.2. The van der Waals surface area contributed by atoms with Crippen LogP contribution in [0.3, 0.4) is 0 Å². The van der Waals surface area contributed by atoms with E-state index >= 15 is 0 Å². The van der Waals surface area contributed by atoms with Crippen molar-refractivity contribution in [3.63, 3.8) is 0 Å². The van der Waals surface area contributed by atoms with Gasteiger partial charge in [0.15, 0.2) is 0 Å². The fourth-order valence-electron chi connectivity index (χ4n) is 18.5. The van der Waals surface area contributed by atoms with E-state index in [4.69, 9.17) is 19.1 Å². The number of nitrogens with zero attached hydrogens (tertiary/aromatic N) is 3. The number of carbonyl (C=O) groups excluding carboxylic acids is 2. The first-order valence-electron chi connectivity index (χ1n) is 29.2. The second-order valence-corrected chi connectivity index (χ2v) is 29.5. The molecule has 7 aliphatic carbocycles. The van der Waals surface area contributed by atoms with Crippen molar-refractivity contribution in [2.24, 2.45) is 87.3 Å². The Balaban J connectivity index is 0.807. The number of fused-ring (bicyclic) bond motifs is 8. The molecule has 0 aliphatic heterocycles. The van der Waals surface area contributed by atoms with Gasteiger partial charge in [-0.1, -0.05) is 59.6 Å². The molecule has 8 rings (SSSR count). The monoisotopic (exact) mass is 1080 g/mol. The van der Waals surface area contributed by atoms with Crippen LogP contribution in [0.15, 0.2) is 6.20 Å². The van der Waals surface area contributed by atoms with Crippen LogP contribution in [0.5, 0.6) is 0 Å². The Morgan fingerprint density at radius 1 is 0.730 bits per heavy atom. The van der Waals surface area contributed by atoms with Crippen molar-refractivity contribution in [2.75, 3.05) is 24.6 Å². The Labute approximate surface area is 443 Å². The van der Waals surface area contributed by atoms with Crippen LogP contribution in [0, 0.1) is 87.3 Å². The summed E-state index contributed by atoms with van der Waals surface area (Å²) >= 11 is 0. The normalized spacial score (nSPS) is 39.1. The topological polar surface area (TPSA) is 247 Å². The molecule has 2 amide bonds. The van der Waals surface area contributed by atoms with Gasteiger partial charge in [0.05, 0.1) is 48.7 Å². The van der Waals surface area contributed by atoms with Crippen molar-refractivity contribution >= 4 is 32.1 Å². The maximum Gasteiger partial charge on any atom is 0.266 e. The van der Waals surface area contributed by atoms with Crippen molar-refractivity contribution in [2.45, 2.75) is 214 Å². The summed E-state index contributed by atoms with van der Waals surface area (Å²) < 4.78 is 71.1. The minimum Gasteiger partial charge on any atom is -0.393 e. The highest BCUT2D eigenvalue weighted by Gasteiger charge is 2.63. The molecule has 0 spiro atoms. The number of nitrogens with one attached hydrogen (secondary N) is 2. The summed E-state index contributed by atoms with van der Waals surface area (Å²) in [6.07, 6.45) is 22.7. The van der Waals surface area contributed by atoms with Crippen LogP contribution in [-0.2, 0) is 41.2 Å². The Morgan fingerprint density at radius 3 is 1.88 bits per heavy atom. The minimum absolute atomic E-state index is 0.0859. The van der Waals surface area contributed by atoms with Crippen LogP contribution in [0.25, 0.3) is 0 Å². The first-order chi connectivity index (χ1) is 34.9. The fraction of sp³-hybridized carbons (Fsp3) is 0.929. The predicted molar refractivity (Wildman–Crippen MR) is 283 cm³/mol. The van der Waals surface area contributed by atoms with Gasteiger partial charge in [-0.05, 0) is 203 Å². The second-order valence-electron chi connectivity index (χ2n) is 26.3. The number of aliphatic hydroxyl groups is 2. The van der Waals surface area contributed by atoms with Crippen LogP contribution < -0.4 is 10.6 Å². The van der Waals surface area contributed by atoms with E-state index in [2.05, 4.69) is 68.2 Å². The average Bonchev–Trinajstić information content (AvgIpc) is 4.05. The summed E-state index contributed by atoms with van der Waals surface area (Å²) in [5.41, 5.74) is 1.26. The average molecular weight is 1080 g/mol. The van der Waals surface area contributed by atoms with Gasteiger partial charge < -0.3 is 25.6 Å². The highest BCUT2D eigenvalue weighted by atomic mass is 32.2. The Hall–Kier alpha value is -2.22. The van der Waals surface area contributed by atoms with Gasteiger partial charge in [-0.3, -0.25) is 18.7 Å². The molecule has 1 aromatic rings. The lowest BCUT2D eigenvalue weighted by atomic mass is 9.43. The van der Waals surface area contributed by atoms with Gasteiger partial charge in [0.1, 0.15) is 5.69 Å². The Morgan fingerprint density at radius 2 is 1.28 bits per heavy atom. The fourth-order valence-corrected chi connectivity index (χ4v) is 19.2. The summed E-state index contributed by atoms with van der Waals surface area (Å²) in [5, 5.41) is 38.8. The van der Waals surface area contributed by atoms with E-state index < -0.39 is 31.7 Å². The molecule has 6 N–H and O–H groups in total. The van der Waals surface area contributed by atoms with Gasteiger partial charge in [-0.15, -0.1) is 5.10 Å². The zero-order valence-corrected chi connectivity index (χ0v) is 47.3. The predicted octanol–water partition coefficient (Wildman–Crippen LogP) is 8.58. The molecule has 0 saturated heterocycles. The number of carbonyl (C=O) groups is 2. The second kappa shape index (κ2) is 23.6. The lowest BCUT2D eigenvalue weighted by molar-refractivity contribution is -0.179. The molecule has 2 unspecified atom stereocenters. The first kappa shape index (κ1) is 57.9. The van der Waals surface area contributed by atoms with E-state index in [1.807, 2.05) is 0 Å². The number of aromatic nitrogens is 3. The lowest BCUT2D eigenvalue weighted by Crippen LogP contribution is -2.58. The molecule has 7 aliphatic rings. The molecule has 16 nitrogen and oxygen atoms in total. The zero-order chi connectivity index (χ0) is 53.4. The van der Waals surface area contributed by atoms with Gasteiger partial charge in [-0.25, -0.2) is 4.68 Å². The molecule has 19 atom stereocenters.